The van der Waals surface area contributed by atoms with Crippen LogP contribution in [0.15, 0.2) is 107 Å². The van der Waals surface area contributed by atoms with Crippen LogP contribution in [0.4, 0.5) is 0 Å². The second kappa shape index (κ2) is 8.43. The first kappa shape index (κ1) is 19.1. The van der Waals surface area contributed by atoms with Crippen LogP contribution in [-0.2, 0) is 23.1 Å². The first-order valence-corrected chi connectivity index (χ1v) is 10.6. The van der Waals surface area contributed by atoms with Crippen LogP contribution >= 0.6 is 0 Å². The Morgan fingerprint density at radius 2 is 1.62 bits per heavy atom. The minimum Gasteiger partial charge on any atom is -0.468 e. The summed E-state index contributed by atoms with van der Waals surface area (Å²) >= 11 is 0. The molecule has 4 rings (SSSR count). The molecule has 6 heteroatoms. The van der Waals surface area contributed by atoms with Gasteiger partial charge in [-0.15, -0.1) is 0 Å². The molecule has 0 unspecified atom stereocenters. The quantitative estimate of drug-likeness (QED) is 0.447. The van der Waals surface area contributed by atoms with Crippen molar-refractivity contribution in [3.8, 4) is 11.1 Å². The standard InChI is InChI=1S/C23H20N2O3S/c26-29(27,23-13-5-4-12-22(23)20-9-2-1-3-10-20)25(18-21-11-7-15-28-21)17-19-8-6-14-24-16-19/h1-16H,17-18H2. The Balaban J connectivity index is 1.77. The van der Waals surface area contributed by atoms with Crippen LogP contribution in [0.2, 0.25) is 0 Å². The summed E-state index contributed by atoms with van der Waals surface area (Å²) in [6.07, 6.45) is 4.88. The maximum absolute atomic E-state index is 13.7. The lowest BCUT2D eigenvalue weighted by atomic mass is 10.1. The highest BCUT2D eigenvalue weighted by Crippen LogP contribution is 2.30. The summed E-state index contributed by atoms with van der Waals surface area (Å²) in [6.45, 7) is 0.327. The lowest BCUT2D eigenvalue weighted by Gasteiger charge is -2.23. The number of hydrogen-bond acceptors (Lipinski definition) is 4. The Kier molecular flexibility index (Phi) is 5.55. The minimum atomic E-state index is -3.81. The van der Waals surface area contributed by atoms with Gasteiger partial charge in [0, 0.05) is 24.5 Å². The van der Waals surface area contributed by atoms with Crippen molar-refractivity contribution >= 4 is 10.0 Å². The molecule has 0 amide bonds. The van der Waals surface area contributed by atoms with Gasteiger partial charge in [-0.25, -0.2) is 8.42 Å². The maximum Gasteiger partial charge on any atom is 0.244 e. The summed E-state index contributed by atoms with van der Waals surface area (Å²) in [7, 11) is -3.81. The van der Waals surface area contributed by atoms with E-state index in [-0.39, 0.29) is 18.0 Å². The molecule has 0 fully saturated rings. The monoisotopic (exact) mass is 404 g/mol. The van der Waals surface area contributed by atoms with Crippen molar-refractivity contribution < 1.29 is 12.8 Å². The molecular weight excluding hydrogens is 384 g/mol. The number of aromatic nitrogens is 1. The summed E-state index contributed by atoms with van der Waals surface area (Å²) in [5.74, 6) is 0.578. The van der Waals surface area contributed by atoms with Gasteiger partial charge in [-0.05, 0) is 35.4 Å². The number of furan rings is 1. The van der Waals surface area contributed by atoms with Gasteiger partial charge in [0.15, 0.2) is 0 Å². The average molecular weight is 404 g/mol. The Labute approximate surface area is 170 Å². The zero-order chi connectivity index (χ0) is 20.1. The predicted octanol–water partition coefficient (Wildman–Crippen LogP) is 4.73. The molecule has 0 N–H and O–H groups in total. The fourth-order valence-corrected chi connectivity index (χ4v) is 4.79. The van der Waals surface area contributed by atoms with E-state index >= 15 is 0 Å². The lowest BCUT2D eigenvalue weighted by Crippen LogP contribution is -2.30. The highest BCUT2D eigenvalue weighted by Gasteiger charge is 2.28. The third-order valence-electron chi connectivity index (χ3n) is 4.58. The molecule has 0 radical (unpaired) electrons. The van der Waals surface area contributed by atoms with Crippen LogP contribution in [-0.4, -0.2) is 17.7 Å². The Hall–Kier alpha value is -3.22. The van der Waals surface area contributed by atoms with Gasteiger partial charge in [0.05, 0.1) is 17.7 Å². The van der Waals surface area contributed by atoms with Crippen LogP contribution in [0.25, 0.3) is 11.1 Å². The van der Waals surface area contributed by atoms with E-state index in [2.05, 4.69) is 4.98 Å². The number of hydrogen-bond donors (Lipinski definition) is 0. The van der Waals surface area contributed by atoms with E-state index in [0.717, 1.165) is 11.1 Å². The van der Waals surface area contributed by atoms with E-state index in [4.69, 9.17) is 4.42 Å². The fourth-order valence-electron chi connectivity index (χ4n) is 3.18. The summed E-state index contributed by atoms with van der Waals surface area (Å²) in [5.41, 5.74) is 2.33. The predicted molar refractivity (Wildman–Crippen MR) is 111 cm³/mol. The molecular formula is C23H20N2O3S. The molecule has 29 heavy (non-hydrogen) atoms. The van der Waals surface area contributed by atoms with E-state index < -0.39 is 10.0 Å². The number of rotatable bonds is 7. The van der Waals surface area contributed by atoms with Gasteiger partial charge in [-0.2, -0.15) is 4.31 Å². The first-order chi connectivity index (χ1) is 14.1. The first-order valence-electron chi connectivity index (χ1n) is 9.20. The molecule has 146 valence electrons. The van der Waals surface area contributed by atoms with Crippen LogP contribution in [0.1, 0.15) is 11.3 Å². The molecule has 0 aliphatic heterocycles. The fraction of sp³-hybridized carbons (Fsp3) is 0.0870. The van der Waals surface area contributed by atoms with Crippen LogP contribution in [0, 0.1) is 0 Å². The van der Waals surface area contributed by atoms with Gasteiger partial charge in [-0.1, -0.05) is 54.6 Å². The zero-order valence-electron chi connectivity index (χ0n) is 15.7. The third-order valence-corrected chi connectivity index (χ3v) is 6.43. The van der Waals surface area contributed by atoms with Crippen molar-refractivity contribution in [2.24, 2.45) is 0 Å². The van der Waals surface area contributed by atoms with Crippen molar-refractivity contribution in [2.75, 3.05) is 0 Å². The SMILES string of the molecule is O=S(=O)(c1ccccc1-c1ccccc1)N(Cc1cccnc1)Cc1ccco1. The summed E-state index contributed by atoms with van der Waals surface area (Å²) in [4.78, 5) is 4.38. The minimum absolute atomic E-state index is 0.132. The van der Waals surface area contributed by atoms with E-state index in [1.54, 1.807) is 49.0 Å². The normalized spacial score (nSPS) is 11.6. The molecule has 2 aromatic carbocycles. The molecule has 2 heterocycles. The van der Waals surface area contributed by atoms with Crippen molar-refractivity contribution in [3.05, 3.63) is 109 Å². The number of sulfonamides is 1. The van der Waals surface area contributed by atoms with Crippen LogP contribution < -0.4 is 0 Å². The van der Waals surface area contributed by atoms with Crippen molar-refractivity contribution in [2.45, 2.75) is 18.0 Å². The van der Waals surface area contributed by atoms with E-state index in [1.165, 1.54) is 4.31 Å². The molecule has 2 aromatic heterocycles. The van der Waals surface area contributed by atoms with Gasteiger partial charge in [0.1, 0.15) is 5.76 Å². The molecule has 0 saturated heterocycles. The summed E-state index contributed by atoms with van der Waals surface area (Å²) in [6, 6.07) is 23.8. The molecule has 0 aliphatic carbocycles. The van der Waals surface area contributed by atoms with E-state index in [1.807, 2.05) is 48.5 Å². The summed E-state index contributed by atoms with van der Waals surface area (Å²) < 4.78 is 34.3. The number of nitrogens with zero attached hydrogens (tertiary/aromatic N) is 2. The average Bonchev–Trinajstić information content (AvgIpc) is 3.28. The molecule has 0 aliphatic rings. The smallest absolute Gasteiger partial charge is 0.244 e. The van der Waals surface area contributed by atoms with E-state index in [0.29, 0.717) is 11.3 Å². The largest absolute Gasteiger partial charge is 0.468 e. The van der Waals surface area contributed by atoms with Gasteiger partial charge in [0.2, 0.25) is 10.0 Å². The molecule has 4 aromatic rings. The molecule has 0 bridgehead atoms. The Morgan fingerprint density at radius 1 is 0.828 bits per heavy atom. The van der Waals surface area contributed by atoms with Crippen LogP contribution in [0.3, 0.4) is 0 Å². The zero-order valence-corrected chi connectivity index (χ0v) is 16.5. The number of benzene rings is 2. The Morgan fingerprint density at radius 3 is 2.34 bits per heavy atom. The molecule has 0 atom stereocenters. The van der Waals surface area contributed by atoms with Crippen LogP contribution in [0.5, 0.6) is 0 Å². The van der Waals surface area contributed by atoms with Gasteiger partial charge in [-0.3, -0.25) is 4.98 Å². The van der Waals surface area contributed by atoms with Gasteiger partial charge in [0.25, 0.3) is 0 Å². The Bertz CT molecular complexity index is 1160. The molecule has 0 spiro atoms. The van der Waals surface area contributed by atoms with Crippen molar-refractivity contribution in [1.29, 1.82) is 0 Å². The maximum atomic E-state index is 13.7. The van der Waals surface area contributed by atoms with Gasteiger partial charge < -0.3 is 4.42 Å². The molecule has 5 nitrogen and oxygen atoms in total. The third kappa shape index (κ3) is 4.29. The topological polar surface area (TPSA) is 63.4 Å². The lowest BCUT2D eigenvalue weighted by molar-refractivity contribution is 0.358. The van der Waals surface area contributed by atoms with Crippen molar-refractivity contribution in [3.63, 3.8) is 0 Å². The summed E-state index contributed by atoms with van der Waals surface area (Å²) in [5, 5.41) is 0. The second-order valence-electron chi connectivity index (χ2n) is 6.58. The number of pyridine rings is 1. The highest BCUT2D eigenvalue weighted by atomic mass is 32.2. The van der Waals surface area contributed by atoms with E-state index in [9.17, 15) is 8.42 Å². The van der Waals surface area contributed by atoms with Crippen molar-refractivity contribution in [1.82, 2.24) is 9.29 Å². The van der Waals surface area contributed by atoms with Gasteiger partial charge >= 0.3 is 0 Å². The second-order valence-corrected chi connectivity index (χ2v) is 8.48. The highest BCUT2D eigenvalue weighted by molar-refractivity contribution is 7.89. The molecule has 0 saturated carbocycles.